The SMILES string of the molecule is CC(C)(C)OC(=O)N1CC(C2=NC3=C(Br)c4oc(C(N)=O)cc4CC3C=C2)C1. The van der Waals surface area contributed by atoms with Crippen molar-refractivity contribution in [3.8, 4) is 0 Å². The van der Waals surface area contributed by atoms with Crippen LogP contribution in [0.15, 0.2) is 33.3 Å². The van der Waals surface area contributed by atoms with Gasteiger partial charge in [0, 0.05) is 36.2 Å². The van der Waals surface area contributed by atoms with E-state index in [1.807, 2.05) is 26.8 Å². The summed E-state index contributed by atoms with van der Waals surface area (Å²) in [5, 5.41) is 0. The molecule has 0 bridgehead atoms. The van der Waals surface area contributed by atoms with E-state index in [-0.39, 0.29) is 23.7 Å². The predicted octanol–water partition coefficient (Wildman–Crippen LogP) is 3.49. The van der Waals surface area contributed by atoms with Crippen molar-refractivity contribution in [1.82, 2.24) is 4.90 Å². The summed E-state index contributed by atoms with van der Waals surface area (Å²) in [5.74, 6) is 0.477. The zero-order valence-corrected chi connectivity index (χ0v) is 17.6. The van der Waals surface area contributed by atoms with Gasteiger partial charge in [0.1, 0.15) is 11.4 Å². The molecule has 4 rings (SSSR count). The molecule has 8 heteroatoms. The highest BCUT2D eigenvalue weighted by Gasteiger charge is 2.38. The third-order valence-corrected chi connectivity index (χ3v) is 5.73. The maximum absolute atomic E-state index is 12.1. The van der Waals surface area contributed by atoms with Crippen LogP contribution in [-0.2, 0) is 11.2 Å². The highest BCUT2D eigenvalue weighted by Crippen LogP contribution is 2.43. The summed E-state index contributed by atoms with van der Waals surface area (Å²) >= 11 is 3.58. The number of rotatable bonds is 2. The minimum absolute atomic E-state index is 0.117. The number of halogens is 1. The fraction of sp³-hybridized carbons (Fsp3) is 0.450. The number of dihydropyridines is 1. The monoisotopic (exact) mass is 447 g/mol. The van der Waals surface area contributed by atoms with Crippen LogP contribution in [0.2, 0.25) is 0 Å². The Hall–Kier alpha value is -2.35. The van der Waals surface area contributed by atoms with Crippen molar-refractivity contribution < 1.29 is 18.7 Å². The van der Waals surface area contributed by atoms with E-state index in [4.69, 9.17) is 19.9 Å². The van der Waals surface area contributed by atoms with Crippen LogP contribution < -0.4 is 5.73 Å². The minimum atomic E-state index is -0.584. The smallest absolute Gasteiger partial charge is 0.410 e. The average molecular weight is 448 g/mol. The Labute approximate surface area is 171 Å². The molecule has 7 nitrogen and oxygen atoms in total. The fourth-order valence-electron chi connectivity index (χ4n) is 3.55. The number of carbonyl (C=O) groups is 2. The Morgan fingerprint density at radius 2 is 2.07 bits per heavy atom. The van der Waals surface area contributed by atoms with Crippen LogP contribution >= 0.6 is 15.9 Å². The molecule has 28 heavy (non-hydrogen) atoms. The van der Waals surface area contributed by atoms with Crippen LogP contribution in [0.4, 0.5) is 4.79 Å². The van der Waals surface area contributed by atoms with Gasteiger partial charge in [-0.2, -0.15) is 0 Å². The molecule has 1 aliphatic carbocycles. The molecule has 1 aromatic heterocycles. The number of hydrogen-bond donors (Lipinski definition) is 1. The topological polar surface area (TPSA) is 98.1 Å². The molecule has 148 valence electrons. The molecule has 0 spiro atoms. The van der Waals surface area contributed by atoms with Crippen molar-refractivity contribution in [1.29, 1.82) is 0 Å². The molecule has 2 amide bonds. The molecule has 0 aromatic carbocycles. The van der Waals surface area contributed by atoms with Crippen LogP contribution in [0.3, 0.4) is 0 Å². The number of allylic oxidation sites excluding steroid dienone is 2. The summed E-state index contributed by atoms with van der Waals surface area (Å²) in [4.78, 5) is 30.1. The quantitative estimate of drug-likeness (QED) is 0.749. The Morgan fingerprint density at radius 1 is 1.36 bits per heavy atom. The number of nitrogens with two attached hydrogens (primary N) is 1. The number of hydrogen-bond acceptors (Lipinski definition) is 5. The first-order valence-electron chi connectivity index (χ1n) is 9.19. The van der Waals surface area contributed by atoms with Gasteiger partial charge in [0.15, 0.2) is 5.76 Å². The second-order valence-corrected chi connectivity index (χ2v) is 9.11. The third-order valence-electron chi connectivity index (χ3n) is 4.97. The van der Waals surface area contributed by atoms with Crippen LogP contribution in [0.25, 0.3) is 4.48 Å². The number of nitrogens with zero attached hydrogens (tertiary/aromatic N) is 2. The molecule has 0 radical (unpaired) electrons. The molecule has 1 unspecified atom stereocenters. The van der Waals surface area contributed by atoms with Crippen LogP contribution in [0.1, 0.15) is 42.6 Å². The summed E-state index contributed by atoms with van der Waals surface area (Å²) < 4.78 is 11.8. The first kappa shape index (κ1) is 19.0. The number of amides is 2. The zero-order chi connectivity index (χ0) is 20.2. The number of furan rings is 1. The Balaban J connectivity index is 1.51. The molecule has 1 saturated heterocycles. The van der Waals surface area contributed by atoms with Crippen molar-refractivity contribution >= 4 is 38.1 Å². The molecule has 1 aromatic rings. The Bertz CT molecular complexity index is 945. The van der Waals surface area contributed by atoms with Gasteiger partial charge in [0.25, 0.3) is 5.91 Å². The molecule has 0 saturated carbocycles. The molecule has 3 aliphatic rings. The first-order valence-corrected chi connectivity index (χ1v) is 9.99. The zero-order valence-electron chi connectivity index (χ0n) is 16.0. The van der Waals surface area contributed by atoms with Gasteiger partial charge in [-0.3, -0.25) is 9.79 Å². The molecular formula is C20H22BrN3O4. The van der Waals surface area contributed by atoms with Crippen LogP contribution in [0.5, 0.6) is 0 Å². The number of aliphatic imine (C=N–C) groups is 1. The van der Waals surface area contributed by atoms with Gasteiger partial charge in [0.2, 0.25) is 0 Å². The number of primary amides is 1. The lowest BCUT2D eigenvalue weighted by Gasteiger charge is -2.40. The van der Waals surface area contributed by atoms with E-state index in [1.54, 1.807) is 11.0 Å². The van der Waals surface area contributed by atoms with Crippen molar-refractivity contribution in [2.24, 2.45) is 22.6 Å². The van der Waals surface area contributed by atoms with E-state index in [0.29, 0.717) is 25.3 Å². The molecule has 2 aliphatic heterocycles. The van der Waals surface area contributed by atoms with E-state index < -0.39 is 11.5 Å². The highest BCUT2D eigenvalue weighted by atomic mass is 79.9. The normalized spacial score (nSPS) is 21.6. The van der Waals surface area contributed by atoms with Gasteiger partial charge < -0.3 is 19.8 Å². The molecular weight excluding hydrogens is 426 g/mol. The summed E-state index contributed by atoms with van der Waals surface area (Å²) in [7, 11) is 0. The maximum atomic E-state index is 12.1. The third kappa shape index (κ3) is 3.41. The summed E-state index contributed by atoms with van der Waals surface area (Å²) in [6, 6.07) is 1.70. The van der Waals surface area contributed by atoms with Crippen molar-refractivity contribution in [2.75, 3.05) is 13.1 Å². The van der Waals surface area contributed by atoms with Gasteiger partial charge in [-0.05, 0) is 55.3 Å². The Morgan fingerprint density at radius 3 is 2.71 bits per heavy atom. The number of carbonyl (C=O) groups excluding carboxylic acids is 2. The van der Waals surface area contributed by atoms with E-state index in [0.717, 1.165) is 21.5 Å². The molecule has 2 N–H and O–H groups in total. The molecule has 1 atom stereocenters. The summed E-state index contributed by atoms with van der Waals surface area (Å²) in [5.41, 5.74) is 7.59. The number of fused-ring (bicyclic) bond motifs is 2. The first-order chi connectivity index (χ1) is 13.1. The van der Waals surface area contributed by atoms with Crippen molar-refractivity contribution in [3.63, 3.8) is 0 Å². The molecule has 1 fully saturated rings. The van der Waals surface area contributed by atoms with E-state index in [1.165, 1.54) is 0 Å². The van der Waals surface area contributed by atoms with Crippen molar-refractivity contribution in [2.45, 2.75) is 32.8 Å². The Kier molecular flexibility index (Phi) is 4.49. The van der Waals surface area contributed by atoms with Crippen LogP contribution in [0, 0.1) is 11.8 Å². The summed E-state index contributed by atoms with van der Waals surface area (Å²) in [6.45, 7) is 6.75. The lowest BCUT2D eigenvalue weighted by atomic mass is 9.85. The lowest BCUT2D eigenvalue weighted by molar-refractivity contribution is 0.00700. The van der Waals surface area contributed by atoms with Gasteiger partial charge in [-0.1, -0.05) is 6.08 Å². The van der Waals surface area contributed by atoms with Gasteiger partial charge >= 0.3 is 6.09 Å². The molecule has 3 heterocycles. The van der Waals surface area contributed by atoms with E-state index in [9.17, 15) is 9.59 Å². The standard InChI is InChI=1S/C20H22BrN3O4/c1-20(2,3)28-19(26)24-8-12(9-24)13-5-4-10-6-11-7-14(18(22)25)27-17(11)15(21)16(10)23-13/h4-5,7,10,12H,6,8-9H2,1-3H3,(H2,22,25). The highest BCUT2D eigenvalue weighted by molar-refractivity contribution is 9.15. The second-order valence-electron chi connectivity index (χ2n) is 8.32. The minimum Gasteiger partial charge on any atom is -0.450 e. The number of ether oxygens (including phenoxy) is 1. The van der Waals surface area contributed by atoms with E-state index >= 15 is 0 Å². The average Bonchev–Trinajstić information content (AvgIpc) is 2.97. The van der Waals surface area contributed by atoms with Crippen LogP contribution in [-0.4, -0.2) is 41.3 Å². The number of likely N-dealkylation sites (tertiary alicyclic amines) is 1. The van der Waals surface area contributed by atoms with Gasteiger partial charge in [0.05, 0.1) is 10.2 Å². The van der Waals surface area contributed by atoms with Crippen molar-refractivity contribution in [3.05, 3.63) is 41.0 Å². The van der Waals surface area contributed by atoms with E-state index in [2.05, 4.69) is 22.0 Å². The van der Waals surface area contributed by atoms with Gasteiger partial charge in [-0.15, -0.1) is 0 Å². The predicted molar refractivity (Wildman–Crippen MR) is 108 cm³/mol. The second kappa shape index (κ2) is 6.62. The summed E-state index contributed by atoms with van der Waals surface area (Å²) in [6.07, 6.45) is 4.57. The largest absolute Gasteiger partial charge is 0.450 e. The maximum Gasteiger partial charge on any atom is 0.410 e. The van der Waals surface area contributed by atoms with Gasteiger partial charge in [-0.25, -0.2) is 4.79 Å². The fourth-order valence-corrected chi connectivity index (χ4v) is 4.27. The lowest BCUT2D eigenvalue weighted by Crippen LogP contribution is -2.54.